The molecule has 1 aliphatic rings. The second-order valence-electron chi connectivity index (χ2n) is 5.82. The van der Waals surface area contributed by atoms with Crippen LogP contribution >= 0.6 is 0 Å². The number of amides is 1. The highest BCUT2D eigenvalue weighted by molar-refractivity contribution is 5.71. The minimum absolute atomic E-state index is 0.309. The summed E-state index contributed by atoms with van der Waals surface area (Å²) in [7, 11) is 0. The van der Waals surface area contributed by atoms with Gasteiger partial charge in [-0.1, -0.05) is 6.08 Å². The highest BCUT2D eigenvalue weighted by Crippen LogP contribution is 2.21. The standard InChI is InChI=1S/C15H20N2O3/c1-15(2,3)20-14(18)16-10-7-12(8-11-16)13-6-4-5-9-17(13)19/h4-7,9H,8,10-11H2,1-3H3. The third-order valence-electron chi connectivity index (χ3n) is 3.01. The normalized spacial score (nSPS) is 15.8. The van der Waals surface area contributed by atoms with Gasteiger partial charge in [0.15, 0.2) is 6.20 Å². The van der Waals surface area contributed by atoms with Crippen LogP contribution in [0.25, 0.3) is 5.57 Å². The Morgan fingerprint density at radius 1 is 1.40 bits per heavy atom. The van der Waals surface area contributed by atoms with Crippen LogP contribution in [0, 0.1) is 5.21 Å². The van der Waals surface area contributed by atoms with Gasteiger partial charge in [-0.15, -0.1) is 0 Å². The average Bonchev–Trinajstić information content (AvgIpc) is 2.37. The molecule has 1 aromatic rings. The number of carbonyl (C=O) groups is 1. The molecule has 0 atom stereocenters. The molecule has 0 saturated heterocycles. The molecular weight excluding hydrogens is 256 g/mol. The van der Waals surface area contributed by atoms with E-state index in [0.717, 1.165) is 10.3 Å². The molecule has 0 spiro atoms. The van der Waals surface area contributed by atoms with Gasteiger partial charge in [0.05, 0.1) is 0 Å². The fourth-order valence-corrected chi connectivity index (χ4v) is 2.07. The van der Waals surface area contributed by atoms with Crippen molar-refractivity contribution < 1.29 is 14.3 Å². The Morgan fingerprint density at radius 3 is 2.70 bits per heavy atom. The number of nitrogens with zero attached hydrogens (tertiary/aromatic N) is 2. The number of pyridine rings is 1. The average molecular weight is 276 g/mol. The van der Waals surface area contributed by atoms with E-state index in [1.807, 2.05) is 32.9 Å². The number of hydrogen-bond donors (Lipinski definition) is 0. The van der Waals surface area contributed by atoms with E-state index in [0.29, 0.717) is 25.2 Å². The topological polar surface area (TPSA) is 56.5 Å². The quantitative estimate of drug-likeness (QED) is 0.584. The summed E-state index contributed by atoms with van der Waals surface area (Å²) in [6, 6.07) is 5.33. The van der Waals surface area contributed by atoms with E-state index in [1.165, 1.54) is 6.20 Å². The third kappa shape index (κ3) is 3.50. The van der Waals surface area contributed by atoms with E-state index in [2.05, 4.69) is 0 Å². The lowest BCUT2D eigenvalue weighted by Crippen LogP contribution is -2.40. The summed E-state index contributed by atoms with van der Waals surface area (Å²) in [5.41, 5.74) is 1.13. The Morgan fingerprint density at radius 2 is 2.15 bits per heavy atom. The van der Waals surface area contributed by atoms with Crippen molar-refractivity contribution in [1.29, 1.82) is 0 Å². The largest absolute Gasteiger partial charge is 0.618 e. The van der Waals surface area contributed by atoms with Gasteiger partial charge in [-0.05, 0) is 33.3 Å². The molecule has 0 aromatic carbocycles. The van der Waals surface area contributed by atoms with Gasteiger partial charge in [0, 0.05) is 30.8 Å². The van der Waals surface area contributed by atoms with E-state index in [1.54, 1.807) is 17.0 Å². The molecule has 2 rings (SSSR count). The Bertz CT molecular complexity index is 532. The number of carbonyl (C=O) groups excluding carboxylic acids is 1. The summed E-state index contributed by atoms with van der Waals surface area (Å²) in [4.78, 5) is 13.6. The number of aromatic nitrogens is 1. The highest BCUT2D eigenvalue weighted by atomic mass is 16.6. The van der Waals surface area contributed by atoms with Crippen molar-refractivity contribution in [2.24, 2.45) is 0 Å². The van der Waals surface area contributed by atoms with Crippen molar-refractivity contribution in [3.05, 3.63) is 41.4 Å². The first-order valence-electron chi connectivity index (χ1n) is 6.72. The molecule has 0 radical (unpaired) electrons. The summed E-state index contributed by atoms with van der Waals surface area (Å²) >= 11 is 0. The van der Waals surface area contributed by atoms with Gasteiger partial charge in [0.1, 0.15) is 5.60 Å². The molecule has 0 aliphatic carbocycles. The third-order valence-corrected chi connectivity index (χ3v) is 3.01. The van der Waals surface area contributed by atoms with Crippen LogP contribution in [0.1, 0.15) is 32.9 Å². The zero-order valence-electron chi connectivity index (χ0n) is 12.1. The van der Waals surface area contributed by atoms with Crippen LogP contribution in [-0.2, 0) is 4.74 Å². The van der Waals surface area contributed by atoms with Crippen molar-refractivity contribution in [2.45, 2.75) is 32.8 Å². The smallest absolute Gasteiger partial charge is 0.410 e. The first-order chi connectivity index (χ1) is 9.37. The molecular formula is C15H20N2O3. The first-order valence-corrected chi connectivity index (χ1v) is 6.72. The maximum atomic E-state index is 11.9. The lowest BCUT2D eigenvalue weighted by molar-refractivity contribution is -0.608. The van der Waals surface area contributed by atoms with Crippen molar-refractivity contribution >= 4 is 11.7 Å². The second kappa shape index (κ2) is 5.53. The van der Waals surface area contributed by atoms with Crippen LogP contribution in [0.2, 0.25) is 0 Å². The van der Waals surface area contributed by atoms with Gasteiger partial charge in [-0.25, -0.2) is 4.79 Å². The van der Waals surface area contributed by atoms with Gasteiger partial charge < -0.3 is 14.8 Å². The van der Waals surface area contributed by atoms with Gasteiger partial charge in [0.25, 0.3) is 0 Å². The van der Waals surface area contributed by atoms with Crippen LogP contribution in [0.3, 0.4) is 0 Å². The Labute approximate surface area is 119 Å². The molecule has 0 unspecified atom stereocenters. The Kier molecular flexibility index (Phi) is 3.97. The summed E-state index contributed by atoms with van der Waals surface area (Å²) in [5.74, 6) is 0. The fraction of sp³-hybridized carbons (Fsp3) is 0.467. The summed E-state index contributed by atoms with van der Waals surface area (Å²) < 4.78 is 6.19. The van der Waals surface area contributed by atoms with Crippen LogP contribution in [0.4, 0.5) is 4.79 Å². The maximum Gasteiger partial charge on any atom is 0.410 e. The highest BCUT2D eigenvalue weighted by Gasteiger charge is 2.25. The van der Waals surface area contributed by atoms with Crippen LogP contribution in [0.15, 0.2) is 30.5 Å². The molecule has 2 heterocycles. The molecule has 1 aliphatic heterocycles. The monoisotopic (exact) mass is 276 g/mol. The van der Waals surface area contributed by atoms with E-state index in [4.69, 9.17) is 4.74 Å². The van der Waals surface area contributed by atoms with Gasteiger partial charge in [-0.3, -0.25) is 0 Å². The van der Waals surface area contributed by atoms with Crippen LogP contribution < -0.4 is 4.73 Å². The molecule has 5 heteroatoms. The lowest BCUT2D eigenvalue weighted by atomic mass is 10.0. The van der Waals surface area contributed by atoms with Crippen LogP contribution in [0.5, 0.6) is 0 Å². The summed E-state index contributed by atoms with van der Waals surface area (Å²) in [6.45, 7) is 6.58. The van der Waals surface area contributed by atoms with E-state index >= 15 is 0 Å². The van der Waals surface area contributed by atoms with Crippen molar-refractivity contribution in [2.75, 3.05) is 13.1 Å². The minimum Gasteiger partial charge on any atom is -0.618 e. The van der Waals surface area contributed by atoms with Gasteiger partial charge in [-0.2, -0.15) is 4.73 Å². The molecule has 0 N–H and O–H groups in total. The van der Waals surface area contributed by atoms with E-state index in [9.17, 15) is 10.0 Å². The zero-order chi connectivity index (χ0) is 14.8. The van der Waals surface area contributed by atoms with Crippen molar-refractivity contribution in [3.8, 4) is 0 Å². The predicted octanol–water partition coefficient (Wildman–Crippen LogP) is 2.34. The predicted molar refractivity (Wildman–Crippen MR) is 75.8 cm³/mol. The summed E-state index contributed by atoms with van der Waals surface area (Å²) in [5, 5.41) is 11.7. The minimum atomic E-state index is -0.488. The lowest BCUT2D eigenvalue weighted by Gasteiger charge is -2.29. The SMILES string of the molecule is CC(C)(C)OC(=O)N1CC=C(c2cccc[n+]2[O-])CC1. The number of hydrogen-bond acceptors (Lipinski definition) is 3. The molecule has 1 amide bonds. The first kappa shape index (κ1) is 14.4. The van der Waals surface area contributed by atoms with E-state index in [-0.39, 0.29) is 6.09 Å². The molecule has 20 heavy (non-hydrogen) atoms. The van der Waals surface area contributed by atoms with E-state index < -0.39 is 5.60 Å². The number of ether oxygens (including phenoxy) is 1. The second-order valence-corrected chi connectivity index (χ2v) is 5.82. The van der Waals surface area contributed by atoms with Gasteiger partial charge in [0.2, 0.25) is 5.69 Å². The Hall–Kier alpha value is -2.04. The maximum absolute atomic E-state index is 11.9. The number of rotatable bonds is 1. The zero-order valence-corrected chi connectivity index (χ0v) is 12.1. The van der Waals surface area contributed by atoms with Crippen molar-refractivity contribution in [1.82, 2.24) is 4.90 Å². The molecule has 108 valence electrons. The molecule has 5 nitrogen and oxygen atoms in total. The van der Waals surface area contributed by atoms with Crippen molar-refractivity contribution in [3.63, 3.8) is 0 Å². The van der Waals surface area contributed by atoms with Crippen LogP contribution in [-0.4, -0.2) is 29.7 Å². The van der Waals surface area contributed by atoms with Gasteiger partial charge >= 0.3 is 6.09 Å². The fourth-order valence-electron chi connectivity index (χ4n) is 2.07. The molecule has 0 fully saturated rings. The molecule has 0 saturated carbocycles. The molecule has 0 bridgehead atoms. The Balaban J connectivity index is 2.04. The summed E-state index contributed by atoms with van der Waals surface area (Å²) in [6.07, 6.45) is 3.75. The molecule has 1 aromatic heterocycles.